The SMILES string of the molecule is Cc1ccc(C(C)(O)c2cccc(OC(F)(F)F)c2)cc1. The molecule has 0 aliphatic rings. The van der Waals surface area contributed by atoms with Crippen LogP contribution in [0.2, 0.25) is 0 Å². The highest BCUT2D eigenvalue weighted by molar-refractivity contribution is 5.40. The Morgan fingerprint density at radius 3 is 2.14 bits per heavy atom. The highest BCUT2D eigenvalue weighted by Gasteiger charge is 2.32. The molecule has 112 valence electrons. The van der Waals surface area contributed by atoms with Gasteiger partial charge in [-0.25, -0.2) is 0 Å². The number of aliphatic hydroxyl groups is 1. The summed E-state index contributed by atoms with van der Waals surface area (Å²) in [5, 5.41) is 10.6. The minimum absolute atomic E-state index is 0.327. The van der Waals surface area contributed by atoms with Gasteiger partial charge in [0.2, 0.25) is 0 Å². The third-order valence-corrected chi connectivity index (χ3v) is 3.24. The van der Waals surface area contributed by atoms with Gasteiger partial charge >= 0.3 is 6.36 Å². The van der Waals surface area contributed by atoms with Crippen LogP contribution in [0.1, 0.15) is 23.6 Å². The maximum Gasteiger partial charge on any atom is 0.573 e. The standard InChI is InChI=1S/C16H15F3O2/c1-11-6-8-12(9-7-11)15(2,20)13-4-3-5-14(10-13)21-16(17,18)19/h3-10,20H,1-2H3. The van der Waals surface area contributed by atoms with Crippen LogP contribution in [0.5, 0.6) is 5.75 Å². The van der Waals surface area contributed by atoms with Crippen molar-refractivity contribution in [3.8, 4) is 5.75 Å². The van der Waals surface area contributed by atoms with E-state index < -0.39 is 12.0 Å². The number of halogens is 3. The van der Waals surface area contributed by atoms with Gasteiger partial charge in [0, 0.05) is 0 Å². The summed E-state index contributed by atoms with van der Waals surface area (Å²) >= 11 is 0. The first kappa shape index (κ1) is 15.4. The fourth-order valence-corrected chi connectivity index (χ4v) is 2.04. The number of hydrogen-bond donors (Lipinski definition) is 1. The molecule has 0 radical (unpaired) electrons. The Balaban J connectivity index is 2.36. The van der Waals surface area contributed by atoms with E-state index in [-0.39, 0.29) is 5.75 Å². The van der Waals surface area contributed by atoms with E-state index in [0.717, 1.165) is 5.56 Å². The van der Waals surface area contributed by atoms with E-state index in [1.54, 1.807) is 18.2 Å². The number of benzene rings is 2. The molecule has 0 saturated carbocycles. The fraction of sp³-hybridized carbons (Fsp3) is 0.250. The van der Waals surface area contributed by atoms with Gasteiger partial charge in [0.05, 0.1) is 0 Å². The Morgan fingerprint density at radius 1 is 0.952 bits per heavy atom. The maximum absolute atomic E-state index is 12.3. The van der Waals surface area contributed by atoms with Gasteiger partial charge in [-0.15, -0.1) is 13.2 Å². The molecule has 0 heterocycles. The van der Waals surface area contributed by atoms with Crippen molar-refractivity contribution in [2.45, 2.75) is 25.8 Å². The van der Waals surface area contributed by atoms with Crippen molar-refractivity contribution in [2.24, 2.45) is 0 Å². The third-order valence-electron chi connectivity index (χ3n) is 3.24. The Kier molecular flexibility index (Phi) is 3.96. The third kappa shape index (κ3) is 3.76. The first-order valence-corrected chi connectivity index (χ1v) is 6.34. The monoisotopic (exact) mass is 296 g/mol. The van der Waals surface area contributed by atoms with E-state index in [2.05, 4.69) is 4.74 Å². The van der Waals surface area contributed by atoms with Crippen LogP contribution in [0.15, 0.2) is 48.5 Å². The molecule has 5 heteroatoms. The second-order valence-corrected chi connectivity index (χ2v) is 5.01. The molecule has 1 atom stereocenters. The van der Waals surface area contributed by atoms with E-state index in [0.29, 0.717) is 11.1 Å². The highest BCUT2D eigenvalue weighted by Crippen LogP contribution is 2.32. The molecule has 0 spiro atoms. The lowest BCUT2D eigenvalue weighted by atomic mass is 9.88. The topological polar surface area (TPSA) is 29.5 Å². The van der Waals surface area contributed by atoms with Crippen molar-refractivity contribution in [1.29, 1.82) is 0 Å². The predicted octanol–water partition coefficient (Wildman–Crippen LogP) is 4.15. The molecule has 2 rings (SSSR count). The molecule has 0 aliphatic carbocycles. The van der Waals surface area contributed by atoms with Crippen molar-refractivity contribution in [3.05, 3.63) is 65.2 Å². The van der Waals surface area contributed by atoms with Crippen molar-refractivity contribution < 1.29 is 23.0 Å². The molecular weight excluding hydrogens is 281 g/mol. The minimum atomic E-state index is -4.76. The van der Waals surface area contributed by atoms with Gasteiger partial charge < -0.3 is 9.84 Å². The second kappa shape index (κ2) is 5.41. The molecule has 0 fully saturated rings. The Morgan fingerprint density at radius 2 is 1.57 bits per heavy atom. The summed E-state index contributed by atoms with van der Waals surface area (Å²) in [6.45, 7) is 3.45. The molecule has 0 aliphatic heterocycles. The lowest BCUT2D eigenvalue weighted by Gasteiger charge is -2.25. The number of rotatable bonds is 3. The summed E-state index contributed by atoms with van der Waals surface area (Å²) in [7, 11) is 0. The second-order valence-electron chi connectivity index (χ2n) is 5.01. The van der Waals surface area contributed by atoms with Crippen LogP contribution in [-0.2, 0) is 5.60 Å². The van der Waals surface area contributed by atoms with E-state index in [1.807, 2.05) is 19.1 Å². The lowest BCUT2D eigenvalue weighted by Crippen LogP contribution is -2.23. The smallest absolute Gasteiger partial charge is 0.406 e. The van der Waals surface area contributed by atoms with Crippen LogP contribution in [0.4, 0.5) is 13.2 Å². The molecule has 2 aromatic carbocycles. The van der Waals surface area contributed by atoms with Gasteiger partial charge in [-0.1, -0.05) is 42.0 Å². The number of hydrogen-bond acceptors (Lipinski definition) is 2. The zero-order valence-electron chi connectivity index (χ0n) is 11.6. The summed E-state index contributed by atoms with van der Waals surface area (Å²) < 4.78 is 40.6. The first-order chi connectivity index (χ1) is 9.68. The van der Waals surface area contributed by atoms with Gasteiger partial charge in [0.25, 0.3) is 0 Å². The summed E-state index contributed by atoms with van der Waals surface area (Å²) in [4.78, 5) is 0. The van der Waals surface area contributed by atoms with Gasteiger partial charge in [-0.05, 0) is 37.1 Å². The molecular formula is C16H15F3O2. The molecule has 2 aromatic rings. The van der Waals surface area contributed by atoms with Crippen molar-refractivity contribution in [1.82, 2.24) is 0 Å². The van der Waals surface area contributed by atoms with Crippen LogP contribution in [0.25, 0.3) is 0 Å². The van der Waals surface area contributed by atoms with Crippen LogP contribution in [0, 0.1) is 6.92 Å². The summed E-state index contributed by atoms with van der Waals surface area (Å²) in [5.74, 6) is -0.354. The molecule has 2 nitrogen and oxygen atoms in total. The highest BCUT2D eigenvalue weighted by atomic mass is 19.4. The molecule has 0 bridgehead atoms. The number of aryl methyl sites for hydroxylation is 1. The zero-order chi connectivity index (χ0) is 15.7. The summed E-state index contributed by atoms with van der Waals surface area (Å²) in [6.07, 6.45) is -4.76. The summed E-state index contributed by atoms with van der Waals surface area (Å²) in [6, 6.07) is 12.5. The van der Waals surface area contributed by atoms with E-state index in [4.69, 9.17) is 0 Å². The van der Waals surface area contributed by atoms with Gasteiger partial charge in [0.1, 0.15) is 11.4 Å². The van der Waals surface area contributed by atoms with E-state index in [1.165, 1.54) is 25.1 Å². The van der Waals surface area contributed by atoms with Crippen molar-refractivity contribution in [3.63, 3.8) is 0 Å². The Hall–Kier alpha value is -2.01. The maximum atomic E-state index is 12.3. The average Bonchev–Trinajstić information content (AvgIpc) is 2.37. The van der Waals surface area contributed by atoms with E-state index in [9.17, 15) is 18.3 Å². The van der Waals surface area contributed by atoms with Gasteiger partial charge in [0.15, 0.2) is 0 Å². The van der Waals surface area contributed by atoms with Crippen LogP contribution < -0.4 is 4.74 Å². The van der Waals surface area contributed by atoms with Gasteiger partial charge in [-0.3, -0.25) is 0 Å². The Labute approximate surface area is 120 Å². The summed E-state index contributed by atoms with van der Waals surface area (Å²) in [5.41, 5.74) is 0.549. The lowest BCUT2D eigenvalue weighted by molar-refractivity contribution is -0.274. The van der Waals surface area contributed by atoms with E-state index >= 15 is 0 Å². The zero-order valence-corrected chi connectivity index (χ0v) is 11.6. The molecule has 21 heavy (non-hydrogen) atoms. The normalized spacial score (nSPS) is 14.6. The molecule has 0 aromatic heterocycles. The molecule has 1 unspecified atom stereocenters. The van der Waals surface area contributed by atoms with Crippen LogP contribution >= 0.6 is 0 Å². The minimum Gasteiger partial charge on any atom is -0.406 e. The van der Waals surface area contributed by atoms with Crippen LogP contribution in [0.3, 0.4) is 0 Å². The molecule has 1 N–H and O–H groups in total. The molecule has 0 amide bonds. The quantitative estimate of drug-likeness (QED) is 0.922. The number of ether oxygens (including phenoxy) is 1. The molecule has 0 saturated heterocycles. The predicted molar refractivity (Wildman–Crippen MR) is 73.0 cm³/mol. The first-order valence-electron chi connectivity index (χ1n) is 6.34. The fourth-order valence-electron chi connectivity index (χ4n) is 2.04. The van der Waals surface area contributed by atoms with Gasteiger partial charge in [-0.2, -0.15) is 0 Å². The average molecular weight is 296 g/mol. The Bertz CT molecular complexity index is 616. The van der Waals surface area contributed by atoms with Crippen molar-refractivity contribution >= 4 is 0 Å². The number of alkyl halides is 3. The van der Waals surface area contributed by atoms with Crippen LogP contribution in [-0.4, -0.2) is 11.5 Å². The largest absolute Gasteiger partial charge is 0.573 e. The van der Waals surface area contributed by atoms with Crippen molar-refractivity contribution in [2.75, 3.05) is 0 Å².